The molecule has 2 N–H and O–H groups in total. The van der Waals surface area contributed by atoms with Gasteiger partial charge in [0.05, 0.1) is 16.5 Å². The highest BCUT2D eigenvalue weighted by Gasteiger charge is 2.43. The molecule has 4 aromatic heterocycles. The Bertz CT molecular complexity index is 1600. The predicted octanol–water partition coefficient (Wildman–Crippen LogP) is 3.42. The molecule has 13 nitrogen and oxygen atoms in total. The fourth-order valence-corrected chi connectivity index (χ4v) is 5.48. The number of nitrogens with two attached hydrogens (primary N) is 1. The number of nitrogen functional groups attached to an aromatic ring is 1. The maximum Gasteiger partial charge on any atom is 0.410 e. The van der Waals surface area contributed by atoms with Gasteiger partial charge in [0, 0.05) is 31.4 Å². The fourth-order valence-electron chi connectivity index (χ4n) is 5.48. The van der Waals surface area contributed by atoms with Crippen LogP contribution in [0.25, 0.3) is 33.8 Å². The number of carbonyl (C=O) groups excluding carboxylic acids is 2. The Labute approximate surface area is 229 Å². The molecule has 0 radical (unpaired) electrons. The van der Waals surface area contributed by atoms with Crippen molar-refractivity contribution in [2.45, 2.75) is 62.8 Å². The molecule has 1 saturated heterocycles. The van der Waals surface area contributed by atoms with Crippen LogP contribution in [0.2, 0.25) is 0 Å². The summed E-state index contributed by atoms with van der Waals surface area (Å²) in [6.07, 6.45) is 10.8. The molecule has 5 heterocycles. The van der Waals surface area contributed by atoms with Gasteiger partial charge in [0.2, 0.25) is 0 Å². The molecule has 2 saturated carbocycles. The quantitative estimate of drug-likeness (QED) is 0.339. The smallest absolute Gasteiger partial charge is 0.410 e. The van der Waals surface area contributed by atoms with Crippen molar-refractivity contribution in [2.75, 3.05) is 25.4 Å². The third-order valence-electron chi connectivity index (χ3n) is 8.26. The molecule has 7 rings (SSSR count). The van der Waals surface area contributed by atoms with E-state index in [1.807, 2.05) is 17.1 Å². The van der Waals surface area contributed by atoms with Crippen molar-refractivity contribution in [2.24, 2.45) is 0 Å². The zero-order valence-electron chi connectivity index (χ0n) is 22.1. The minimum absolute atomic E-state index is 0.112. The number of aldehydes is 1. The highest BCUT2D eigenvalue weighted by Crippen LogP contribution is 2.49. The van der Waals surface area contributed by atoms with Gasteiger partial charge in [0.25, 0.3) is 0 Å². The minimum atomic E-state index is -0.457. The summed E-state index contributed by atoms with van der Waals surface area (Å²) in [5, 5.41) is 10.1. The molecule has 206 valence electrons. The average molecular weight is 544 g/mol. The molecule has 0 spiro atoms. The fraction of sp³-hybridized carbons (Fsp3) is 0.481. The molecule has 2 aliphatic carbocycles. The van der Waals surface area contributed by atoms with Crippen molar-refractivity contribution in [1.29, 1.82) is 0 Å². The number of fused-ring (bicyclic) bond motifs is 1. The predicted molar refractivity (Wildman–Crippen MR) is 142 cm³/mol. The molecule has 0 atom stereocenters. The van der Waals surface area contributed by atoms with Gasteiger partial charge in [-0.2, -0.15) is 5.10 Å². The second-order valence-corrected chi connectivity index (χ2v) is 11.1. The summed E-state index contributed by atoms with van der Waals surface area (Å²) in [5.41, 5.74) is 9.79. The van der Waals surface area contributed by atoms with E-state index in [1.165, 1.54) is 6.33 Å². The number of likely N-dealkylation sites (tertiary alicyclic amines) is 1. The maximum absolute atomic E-state index is 12.1. The number of carbonyl (C=O) groups is 2. The van der Waals surface area contributed by atoms with Gasteiger partial charge in [-0.3, -0.25) is 4.79 Å². The molecule has 0 bridgehead atoms. The summed E-state index contributed by atoms with van der Waals surface area (Å²) in [4.78, 5) is 42.5. The topological polar surface area (TPSA) is 168 Å². The van der Waals surface area contributed by atoms with E-state index in [9.17, 15) is 9.59 Å². The van der Waals surface area contributed by atoms with Gasteiger partial charge in [-0.15, -0.1) is 0 Å². The number of hydrogen-bond acceptors (Lipinski definition) is 11. The SMILES string of the molecule is CC1(n2nc(-c3noc(C4CC4)c3-c3ncc(C4CCN(C(=O)OCC=O)CC4)cn3)c3c(N)ncnc32)CC1. The van der Waals surface area contributed by atoms with Crippen molar-refractivity contribution in [3.05, 3.63) is 30.0 Å². The summed E-state index contributed by atoms with van der Waals surface area (Å²) in [7, 11) is 0. The molecule has 1 aliphatic heterocycles. The molecular formula is C27H29N9O4. The number of amides is 1. The van der Waals surface area contributed by atoms with E-state index in [-0.39, 0.29) is 24.0 Å². The lowest BCUT2D eigenvalue weighted by atomic mass is 9.91. The van der Waals surface area contributed by atoms with Gasteiger partial charge in [-0.25, -0.2) is 29.4 Å². The van der Waals surface area contributed by atoms with Gasteiger partial charge < -0.3 is 19.9 Å². The molecule has 1 amide bonds. The lowest BCUT2D eigenvalue weighted by Gasteiger charge is -2.31. The van der Waals surface area contributed by atoms with E-state index in [1.54, 1.807) is 4.90 Å². The highest BCUT2D eigenvalue weighted by molar-refractivity contribution is 6.00. The molecular weight excluding hydrogens is 514 g/mol. The molecule has 4 aromatic rings. The van der Waals surface area contributed by atoms with Crippen molar-refractivity contribution >= 4 is 29.2 Å². The molecule has 0 aromatic carbocycles. The monoisotopic (exact) mass is 543 g/mol. The summed E-state index contributed by atoms with van der Waals surface area (Å²) < 4.78 is 12.8. The van der Waals surface area contributed by atoms with Crippen LogP contribution in [0.1, 0.15) is 68.6 Å². The molecule has 0 unspecified atom stereocenters. The number of anilines is 1. The van der Waals surface area contributed by atoms with E-state index < -0.39 is 6.09 Å². The Hall–Kier alpha value is -4.42. The zero-order valence-corrected chi connectivity index (χ0v) is 22.1. The maximum atomic E-state index is 12.1. The van der Waals surface area contributed by atoms with Crippen molar-refractivity contribution in [3.63, 3.8) is 0 Å². The summed E-state index contributed by atoms with van der Waals surface area (Å²) >= 11 is 0. The molecule has 40 heavy (non-hydrogen) atoms. The van der Waals surface area contributed by atoms with Gasteiger partial charge in [0.1, 0.15) is 30.1 Å². The molecule has 3 aliphatic rings. The van der Waals surface area contributed by atoms with Gasteiger partial charge in [-0.05, 0) is 56.9 Å². The van der Waals surface area contributed by atoms with Crippen LogP contribution in [0.4, 0.5) is 10.6 Å². The number of hydrogen-bond donors (Lipinski definition) is 1. The first kappa shape index (κ1) is 24.6. The summed E-state index contributed by atoms with van der Waals surface area (Å²) in [6.45, 7) is 3.02. The number of rotatable bonds is 7. The van der Waals surface area contributed by atoms with E-state index in [4.69, 9.17) is 30.1 Å². The normalized spacial score (nSPS) is 18.7. The lowest BCUT2D eigenvalue weighted by Crippen LogP contribution is -2.38. The van der Waals surface area contributed by atoms with Crippen LogP contribution in [0, 0.1) is 0 Å². The molecule has 13 heteroatoms. The van der Waals surface area contributed by atoms with Gasteiger partial charge >= 0.3 is 6.09 Å². The summed E-state index contributed by atoms with van der Waals surface area (Å²) in [5.74, 6) is 2.11. The van der Waals surface area contributed by atoms with Crippen LogP contribution in [0.5, 0.6) is 0 Å². The minimum Gasteiger partial charge on any atom is -0.442 e. The first-order chi connectivity index (χ1) is 19.5. The third-order valence-corrected chi connectivity index (χ3v) is 8.26. The van der Waals surface area contributed by atoms with Crippen LogP contribution >= 0.6 is 0 Å². The second kappa shape index (κ2) is 9.35. The van der Waals surface area contributed by atoms with Crippen LogP contribution in [-0.2, 0) is 15.1 Å². The Morgan fingerprint density at radius 1 is 1.10 bits per heavy atom. The van der Waals surface area contributed by atoms with Crippen molar-refractivity contribution < 1.29 is 18.8 Å². The van der Waals surface area contributed by atoms with E-state index in [0.717, 1.165) is 55.4 Å². The highest BCUT2D eigenvalue weighted by atomic mass is 16.6. The van der Waals surface area contributed by atoms with E-state index in [2.05, 4.69) is 22.0 Å². The third kappa shape index (κ3) is 4.16. The van der Waals surface area contributed by atoms with Crippen molar-refractivity contribution in [3.8, 4) is 22.8 Å². The first-order valence-electron chi connectivity index (χ1n) is 13.6. The summed E-state index contributed by atoms with van der Waals surface area (Å²) in [6, 6.07) is 0. The van der Waals surface area contributed by atoms with Crippen LogP contribution in [-0.4, -0.2) is 71.8 Å². The van der Waals surface area contributed by atoms with E-state index in [0.29, 0.717) is 53.4 Å². The van der Waals surface area contributed by atoms with Crippen LogP contribution in [0.3, 0.4) is 0 Å². The number of ether oxygens (including phenoxy) is 1. The van der Waals surface area contributed by atoms with Gasteiger partial charge in [-0.1, -0.05) is 5.16 Å². The van der Waals surface area contributed by atoms with Crippen LogP contribution < -0.4 is 5.73 Å². The number of piperidine rings is 1. The lowest BCUT2D eigenvalue weighted by molar-refractivity contribution is -0.110. The second-order valence-electron chi connectivity index (χ2n) is 11.1. The number of nitrogens with zero attached hydrogens (tertiary/aromatic N) is 8. The Kier molecular flexibility index (Phi) is 5.75. The Balaban J connectivity index is 1.21. The number of aromatic nitrogens is 7. The van der Waals surface area contributed by atoms with Gasteiger partial charge in [0.15, 0.2) is 23.5 Å². The Morgan fingerprint density at radius 3 is 2.52 bits per heavy atom. The largest absolute Gasteiger partial charge is 0.442 e. The van der Waals surface area contributed by atoms with Crippen LogP contribution in [0.15, 0.2) is 23.2 Å². The first-order valence-corrected chi connectivity index (χ1v) is 13.6. The van der Waals surface area contributed by atoms with E-state index >= 15 is 0 Å². The molecule has 3 fully saturated rings. The Morgan fingerprint density at radius 2 is 1.85 bits per heavy atom. The van der Waals surface area contributed by atoms with Crippen molar-refractivity contribution in [1.82, 2.24) is 39.8 Å². The standard InChI is InChI=1S/C27H29N9O4/c1-27(6-7-27)36-25-19(23(28)31-14-32-25)20(33-36)21-18(22(40-34-21)16-2-3-16)24-29-12-17(13-30-24)15-4-8-35(9-5-15)26(38)39-11-10-37/h10,12-16H,2-9,11H2,1H3,(H2,28,31,32). The zero-order chi connectivity index (χ0) is 27.4. The average Bonchev–Trinajstić information content (AvgIpc) is 3.88.